The summed E-state index contributed by atoms with van der Waals surface area (Å²) >= 11 is 0. The number of nitro groups is 1. The van der Waals surface area contributed by atoms with Crippen LogP contribution in [0.2, 0.25) is 0 Å². The first kappa shape index (κ1) is 21.6. The van der Waals surface area contributed by atoms with E-state index in [-0.39, 0.29) is 16.0 Å². The number of benzene rings is 5. The molecule has 0 N–H and O–H groups in total. The maximum absolute atomic E-state index is 11.7. The summed E-state index contributed by atoms with van der Waals surface area (Å²) in [5.74, 6) is 0. The summed E-state index contributed by atoms with van der Waals surface area (Å²) in [5.41, 5.74) is 10.1. The molecule has 2 heterocycles. The lowest BCUT2D eigenvalue weighted by atomic mass is 9.73. The standard InChI is InChI=1S/C33H24N2O2/c1-33(2)28-18-23(21-9-5-3-6-10-21)13-15-31(28)34-30-16-14-25(35(36)37)20-26(30)27-17-24(19-29(33)32(27)34)22-11-7-4-8-12-22/h3-20H,1-2H3. The van der Waals surface area contributed by atoms with E-state index in [1.54, 1.807) is 12.1 Å². The van der Waals surface area contributed by atoms with E-state index in [2.05, 4.69) is 85.1 Å². The van der Waals surface area contributed by atoms with Crippen molar-refractivity contribution in [1.29, 1.82) is 0 Å². The highest BCUT2D eigenvalue weighted by Gasteiger charge is 2.36. The first-order chi connectivity index (χ1) is 17.9. The van der Waals surface area contributed by atoms with Gasteiger partial charge in [-0.05, 0) is 63.7 Å². The zero-order valence-corrected chi connectivity index (χ0v) is 20.6. The molecule has 0 atom stereocenters. The van der Waals surface area contributed by atoms with Crippen molar-refractivity contribution in [2.45, 2.75) is 19.3 Å². The lowest BCUT2D eigenvalue weighted by molar-refractivity contribution is -0.384. The van der Waals surface area contributed by atoms with Crippen molar-refractivity contribution in [2.75, 3.05) is 0 Å². The van der Waals surface area contributed by atoms with Crippen molar-refractivity contribution in [1.82, 2.24) is 4.57 Å². The van der Waals surface area contributed by atoms with Crippen LogP contribution < -0.4 is 0 Å². The smallest absolute Gasteiger partial charge is 0.270 e. The topological polar surface area (TPSA) is 48.1 Å². The van der Waals surface area contributed by atoms with E-state index in [4.69, 9.17) is 0 Å². The molecule has 6 aromatic rings. The number of rotatable bonds is 3. The number of nitro benzene ring substituents is 1. The zero-order valence-electron chi connectivity index (χ0n) is 20.6. The van der Waals surface area contributed by atoms with E-state index in [9.17, 15) is 10.1 Å². The highest BCUT2D eigenvalue weighted by atomic mass is 16.6. The molecular formula is C33H24N2O2. The molecule has 7 rings (SSSR count). The summed E-state index contributed by atoms with van der Waals surface area (Å²) < 4.78 is 2.30. The van der Waals surface area contributed by atoms with Crippen LogP contribution in [-0.2, 0) is 5.41 Å². The van der Waals surface area contributed by atoms with Gasteiger partial charge in [0.2, 0.25) is 0 Å². The second-order valence-corrected chi connectivity index (χ2v) is 10.3. The summed E-state index contributed by atoms with van der Waals surface area (Å²) in [4.78, 5) is 11.4. The van der Waals surface area contributed by atoms with E-state index in [0.29, 0.717) is 0 Å². The molecule has 0 spiro atoms. The van der Waals surface area contributed by atoms with E-state index >= 15 is 0 Å². The van der Waals surface area contributed by atoms with Crippen LogP contribution in [0.3, 0.4) is 0 Å². The predicted octanol–water partition coefficient (Wildman–Crippen LogP) is 8.67. The second-order valence-electron chi connectivity index (χ2n) is 10.3. The molecular weight excluding hydrogens is 456 g/mol. The van der Waals surface area contributed by atoms with Gasteiger partial charge in [-0.3, -0.25) is 10.1 Å². The summed E-state index contributed by atoms with van der Waals surface area (Å²) in [6.07, 6.45) is 0. The molecule has 0 radical (unpaired) electrons. The Balaban J connectivity index is 1.61. The predicted molar refractivity (Wildman–Crippen MR) is 150 cm³/mol. The molecule has 1 aromatic heterocycles. The van der Waals surface area contributed by atoms with Crippen molar-refractivity contribution >= 4 is 27.5 Å². The molecule has 0 saturated carbocycles. The van der Waals surface area contributed by atoms with E-state index in [0.717, 1.165) is 38.6 Å². The Morgan fingerprint density at radius 2 is 1.30 bits per heavy atom. The fourth-order valence-electron chi connectivity index (χ4n) is 5.96. The first-order valence-corrected chi connectivity index (χ1v) is 12.5. The molecule has 0 amide bonds. The largest absolute Gasteiger partial charge is 0.309 e. The first-order valence-electron chi connectivity index (χ1n) is 12.5. The Morgan fingerprint density at radius 3 is 1.97 bits per heavy atom. The quantitative estimate of drug-likeness (QED) is 0.188. The van der Waals surface area contributed by atoms with Crippen molar-refractivity contribution in [3.8, 4) is 27.9 Å². The van der Waals surface area contributed by atoms with E-state index in [1.165, 1.54) is 22.3 Å². The normalized spacial score (nSPS) is 13.6. The van der Waals surface area contributed by atoms with Crippen molar-refractivity contribution < 1.29 is 4.92 Å². The summed E-state index contributed by atoms with van der Waals surface area (Å²) in [6, 6.07) is 37.2. The number of fused-ring (bicyclic) bond motifs is 5. The van der Waals surface area contributed by atoms with Gasteiger partial charge in [-0.25, -0.2) is 0 Å². The molecule has 0 saturated heterocycles. The Bertz CT molecular complexity index is 1870. The monoisotopic (exact) mass is 480 g/mol. The number of non-ortho nitro benzene ring substituents is 1. The summed E-state index contributed by atoms with van der Waals surface area (Å²) in [7, 11) is 0. The van der Waals surface area contributed by atoms with Gasteiger partial charge in [-0.2, -0.15) is 0 Å². The average molecular weight is 481 g/mol. The SMILES string of the molecule is CC1(C)c2cc(-c3ccccc3)ccc2-n2c3ccc([N+](=O)[O-])cc3c3cc(-c4ccccc4)cc1c32. The Morgan fingerprint density at radius 1 is 0.649 bits per heavy atom. The minimum absolute atomic E-state index is 0.108. The van der Waals surface area contributed by atoms with Crippen LogP contribution in [0.15, 0.2) is 109 Å². The Labute approximate surface area is 214 Å². The van der Waals surface area contributed by atoms with Gasteiger partial charge >= 0.3 is 0 Å². The third-order valence-corrected chi connectivity index (χ3v) is 7.85. The minimum Gasteiger partial charge on any atom is -0.309 e. The van der Waals surface area contributed by atoms with Gasteiger partial charge in [0.15, 0.2) is 0 Å². The second kappa shape index (κ2) is 7.65. The maximum atomic E-state index is 11.7. The zero-order chi connectivity index (χ0) is 25.3. The third-order valence-electron chi connectivity index (χ3n) is 7.85. The van der Waals surface area contributed by atoms with Crippen LogP contribution in [0, 0.1) is 10.1 Å². The number of hydrogen-bond acceptors (Lipinski definition) is 2. The van der Waals surface area contributed by atoms with E-state index in [1.807, 2.05) is 30.3 Å². The van der Waals surface area contributed by atoms with Crippen LogP contribution in [0.1, 0.15) is 25.0 Å². The fourth-order valence-corrected chi connectivity index (χ4v) is 5.96. The highest BCUT2D eigenvalue weighted by Crippen LogP contribution is 2.50. The van der Waals surface area contributed by atoms with Crippen LogP contribution in [0.4, 0.5) is 5.69 Å². The molecule has 0 bridgehead atoms. The molecule has 5 aromatic carbocycles. The Hall–Kier alpha value is -4.70. The average Bonchev–Trinajstić information content (AvgIpc) is 3.26. The van der Waals surface area contributed by atoms with Crippen LogP contribution in [0.5, 0.6) is 0 Å². The summed E-state index contributed by atoms with van der Waals surface area (Å²) in [6.45, 7) is 4.57. The maximum Gasteiger partial charge on any atom is 0.270 e. The number of nitrogens with zero attached hydrogens (tertiary/aromatic N) is 2. The molecule has 0 unspecified atom stereocenters. The molecule has 1 aliphatic heterocycles. The van der Waals surface area contributed by atoms with Gasteiger partial charge < -0.3 is 4.57 Å². The van der Waals surface area contributed by atoms with Gasteiger partial charge in [0, 0.05) is 28.3 Å². The van der Waals surface area contributed by atoms with Crippen molar-refractivity contribution in [2.24, 2.45) is 0 Å². The van der Waals surface area contributed by atoms with Gasteiger partial charge in [-0.1, -0.05) is 80.6 Å². The van der Waals surface area contributed by atoms with Crippen molar-refractivity contribution in [3.05, 3.63) is 130 Å². The Kier molecular flexibility index (Phi) is 4.46. The molecule has 0 fully saturated rings. The van der Waals surface area contributed by atoms with Gasteiger partial charge in [0.25, 0.3) is 5.69 Å². The van der Waals surface area contributed by atoms with Crippen molar-refractivity contribution in [3.63, 3.8) is 0 Å². The molecule has 4 heteroatoms. The third kappa shape index (κ3) is 3.09. The highest BCUT2D eigenvalue weighted by molar-refractivity contribution is 6.13. The van der Waals surface area contributed by atoms with Crippen LogP contribution in [0.25, 0.3) is 49.7 Å². The molecule has 178 valence electrons. The fraction of sp³-hybridized carbons (Fsp3) is 0.0909. The van der Waals surface area contributed by atoms with E-state index < -0.39 is 0 Å². The summed E-state index contributed by atoms with van der Waals surface area (Å²) in [5, 5.41) is 13.6. The van der Waals surface area contributed by atoms with Gasteiger partial charge in [-0.15, -0.1) is 0 Å². The molecule has 37 heavy (non-hydrogen) atoms. The minimum atomic E-state index is -0.311. The van der Waals surface area contributed by atoms with Crippen LogP contribution in [-0.4, -0.2) is 9.49 Å². The molecule has 0 aliphatic carbocycles. The van der Waals surface area contributed by atoms with Crippen LogP contribution >= 0.6 is 0 Å². The molecule has 4 nitrogen and oxygen atoms in total. The van der Waals surface area contributed by atoms with Gasteiger partial charge in [0.1, 0.15) is 0 Å². The van der Waals surface area contributed by atoms with Gasteiger partial charge in [0.05, 0.1) is 21.6 Å². The lowest BCUT2D eigenvalue weighted by Gasteiger charge is -2.35. The lowest BCUT2D eigenvalue weighted by Crippen LogP contribution is -2.26. The number of hydrogen-bond donors (Lipinski definition) is 0. The molecule has 1 aliphatic rings. The number of aromatic nitrogens is 1.